The highest BCUT2D eigenvalue weighted by Crippen LogP contribution is 2.31. The molecule has 2 aromatic heterocycles. The van der Waals surface area contributed by atoms with Crippen LogP contribution in [0.4, 0.5) is 4.39 Å². The van der Waals surface area contributed by atoms with Gasteiger partial charge in [0.25, 0.3) is 0 Å². The van der Waals surface area contributed by atoms with E-state index >= 15 is 0 Å². The Morgan fingerprint density at radius 2 is 1.59 bits per heavy atom. The van der Waals surface area contributed by atoms with E-state index in [9.17, 15) is 4.39 Å². The summed E-state index contributed by atoms with van der Waals surface area (Å²) in [7, 11) is 0. The molecule has 1 fully saturated rings. The summed E-state index contributed by atoms with van der Waals surface area (Å²) < 4.78 is 15.3. The summed E-state index contributed by atoms with van der Waals surface area (Å²) in [5, 5.41) is 0. The van der Waals surface area contributed by atoms with Crippen LogP contribution in [0.1, 0.15) is 24.8 Å². The van der Waals surface area contributed by atoms with Crippen LogP contribution in [0, 0.1) is 5.82 Å². The molecule has 1 aliphatic heterocycles. The molecule has 0 atom stereocenters. The Kier molecular flexibility index (Phi) is 4.82. The molecule has 4 aromatic rings. The molecule has 3 heterocycles. The lowest BCUT2D eigenvalue weighted by molar-refractivity contribution is 0.221. The number of halogens is 1. The van der Waals surface area contributed by atoms with Gasteiger partial charge in [-0.25, -0.2) is 14.4 Å². The van der Waals surface area contributed by atoms with Crippen LogP contribution in [0.5, 0.6) is 0 Å². The van der Waals surface area contributed by atoms with E-state index in [2.05, 4.69) is 34.1 Å². The Balaban J connectivity index is 1.51. The number of imidazole rings is 1. The SMILES string of the molecule is Fc1ccc(-c2cn3ccnc3nc2-c2ccc(CN3CCCCC3)cc2)cc1. The van der Waals surface area contributed by atoms with Crippen LogP contribution in [-0.4, -0.2) is 32.4 Å². The third kappa shape index (κ3) is 3.78. The Morgan fingerprint density at radius 3 is 2.34 bits per heavy atom. The van der Waals surface area contributed by atoms with Gasteiger partial charge in [0.2, 0.25) is 5.78 Å². The third-order valence-electron chi connectivity index (χ3n) is 5.62. The maximum absolute atomic E-state index is 13.4. The van der Waals surface area contributed by atoms with Gasteiger partial charge in [0.05, 0.1) is 5.69 Å². The van der Waals surface area contributed by atoms with Crippen LogP contribution >= 0.6 is 0 Å². The lowest BCUT2D eigenvalue weighted by Crippen LogP contribution is -2.28. The smallest absolute Gasteiger partial charge is 0.234 e. The predicted octanol–water partition coefficient (Wildman–Crippen LogP) is 5.19. The minimum Gasteiger partial charge on any atom is -0.299 e. The van der Waals surface area contributed by atoms with Crippen molar-refractivity contribution in [2.24, 2.45) is 0 Å². The number of aromatic nitrogens is 3. The molecule has 1 aliphatic rings. The van der Waals surface area contributed by atoms with E-state index in [-0.39, 0.29) is 5.82 Å². The first kappa shape index (κ1) is 18.0. The molecule has 1 saturated heterocycles. The van der Waals surface area contributed by atoms with Crippen molar-refractivity contribution in [2.45, 2.75) is 25.8 Å². The lowest BCUT2D eigenvalue weighted by Gasteiger charge is -2.26. The van der Waals surface area contributed by atoms with E-state index < -0.39 is 0 Å². The predicted molar refractivity (Wildman–Crippen MR) is 113 cm³/mol. The quantitative estimate of drug-likeness (QED) is 0.484. The zero-order chi connectivity index (χ0) is 19.6. The largest absolute Gasteiger partial charge is 0.299 e. The average molecular weight is 386 g/mol. The number of piperidine rings is 1. The van der Waals surface area contributed by atoms with Crippen molar-refractivity contribution in [2.75, 3.05) is 13.1 Å². The van der Waals surface area contributed by atoms with E-state index in [1.165, 1.54) is 50.0 Å². The van der Waals surface area contributed by atoms with Crippen LogP contribution in [0.25, 0.3) is 28.2 Å². The van der Waals surface area contributed by atoms with Gasteiger partial charge in [-0.05, 0) is 49.2 Å². The zero-order valence-corrected chi connectivity index (χ0v) is 16.3. The fraction of sp³-hybridized carbons (Fsp3) is 0.250. The molecule has 146 valence electrons. The molecule has 5 heteroatoms. The molecule has 4 nitrogen and oxygen atoms in total. The Morgan fingerprint density at radius 1 is 0.862 bits per heavy atom. The van der Waals surface area contributed by atoms with Gasteiger partial charge in [-0.1, -0.05) is 42.8 Å². The number of likely N-dealkylation sites (tertiary alicyclic amines) is 1. The molecule has 0 bridgehead atoms. The van der Waals surface area contributed by atoms with E-state index in [1.54, 1.807) is 18.3 Å². The Labute approximate surface area is 169 Å². The van der Waals surface area contributed by atoms with Crippen molar-refractivity contribution in [1.82, 2.24) is 19.3 Å². The first-order valence-corrected chi connectivity index (χ1v) is 10.2. The highest BCUT2D eigenvalue weighted by Gasteiger charge is 2.14. The molecule has 0 N–H and O–H groups in total. The first-order chi connectivity index (χ1) is 14.3. The summed E-state index contributed by atoms with van der Waals surface area (Å²) in [5.74, 6) is 0.414. The van der Waals surface area contributed by atoms with Crippen LogP contribution in [0.15, 0.2) is 67.1 Å². The molecule has 0 spiro atoms. The fourth-order valence-electron chi connectivity index (χ4n) is 4.06. The van der Waals surface area contributed by atoms with Crippen molar-refractivity contribution < 1.29 is 4.39 Å². The number of rotatable bonds is 4. The second-order valence-corrected chi connectivity index (χ2v) is 7.68. The van der Waals surface area contributed by atoms with Gasteiger partial charge >= 0.3 is 0 Å². The van der Waals surface area contributed by atoms with Gasteiger partial charge in [-0.15, -0.1) is 0 Å². The van der Waals surface area contributed by atoms with Crippen molar-refractivity contribution in [3.63, 3.8) is 0 Å². The third-order valence-corrected chi connectivity index (χ3v) is 5.62. The number of benzene rings is 2. The molecule has 2 aromatic carbocycles. The van der Waals surface area contributed by atoms with Gasteiger partial charge < -0.3 is 0 Å². The van der Waals surface area contributed by atoms with E-state index in [0.29, 0.717) is 5.78 Å². The molecule has 0 amide bonds. The lowest BCUT2D eigenvalue weighted by atomic mass is 9.99. The van der Waals surface area contributed by atoms with Crippen molar-refractivity contribution >= 4 is 5.78 Å². The molecule has 0 radical (unpaired) electrons. The molecular weight excluding hydrogens is 363 g/mol. The first-order valence-electron chi connectivity index (χ1n) is 10.2. The van der Waals surface area contributed by atoms with Crippen molar-refractivity contribution in [3.8, 4) is 22.4 Å². The van der Waals surface area contributed by atoms with Crippen LogP contribution < -0.4 is 0 Å². The summed E-state index contributed by atoms with van der Waals surface area (Å²) in [6.07, 6.45) is 9.58. The summed E-state index contributed by atoms with van der Waals surface area (Å²) in [6, 6.07) is 15.2. The molecule has 0 unspecified atom stereocenters. The summed E-state index contributed by atoms with van der Waals surface area (Å²) in [4.78, 5) is 11.7. The summed E-state index contributed by atoms with van der Waals surface area (Å²) >= 11 is 0. The van der Waals surface area contributed by atoms with E-state index in [0.717, 1.165) is 28.9 Å². The molecular formula is C24H23FN4. The Hall–Kier alpha value is -3.05. The number of hydrogen-bond donors (Lipinski definition) is 0. The van der Waals surface area contributed by atoms with Gasteiger partial charge in [0.15, 0.2) is 0 Å². The monoisotopic (exact) mass is 386 g/mol. The molecule has 0 aliphatic carbocycles. The normalized spacial score (nSPS) is 15.1. The minimum absolute atomic E-state index is 0.242. The number of hydrogen-bond acceptors (Lipinski definition) is 3. The topological polar surface area (TPSA) is 33.4 Å². The van der Waals surface area contributed by atoms with Gasteiger partial charge in [0, 0.05) is 36.3 Å². The van der Waals surface area contributed by atoms with Crippen LogP contribution in [-0.2, 0) is 6.54 Å². The average Bonchev–Trinajstić information content (AvgIpc) is 3.22. The summed E-state index contributed by atoms with van der Waals surface area (Å²) in [6.45, 7) is 3.38. The van der Waals surface area contributed by atoms with Crippen molar-refractivity contribution in [3.05, 3.63) is 78.5 Å². The minimum atomic E-state index is -0.242. The van der Waals surface area contributed by atoms with Crippen LogP contribution in [0.3, 0.4) is 0 Å². The highest BCUT2D eigenvalue weighted by molar-refractivity contribution is 5.81. The second kappa shape index (κ2) is 7.76. The number of fused-ring (bicyclic) bond motifs is 1. The second-order valence-electron chi connectivity index (χ2n) is 7.68. The van der Waals surface area contributed by atoms with Gasteiger partial charge in [-0.3, -0.25) is 9.30 Å². The Bertz CT molecular complexity index is 1110. The maximum Gasteiger partial charge on any atom is 0.234 e. The molecule has 0 saturated carbocycles. The van der Waals surface area contributed by atoms with E-state index in [4.69, 9.17) is 4.98 Å². The van der Waals surface area contributed by atoms with Crippen molar-refractivity contribution in [1.29, 1.82) is 0 Å². The van der Waals surface area contributed by atoms with Gasteiger partial charge in [-0.2, -0.15) is 0 Å². The molecule has 29 heavy (non-hydrogen) atoms. The van der Waals surface area contributed by atoms with Crippen LogP contribution in [0.2, 0.25) is 0 Å². The fourth-order valence-corrected chi connectivity index (χ4v) is 4.06. The molecule has 5 rings (SSSR count). The van der Waals surface area contributed by atoms with Gasteiger partial charge in [0.1, 0.15) is 5.82 Å². The number of nitrogens with zero attached hydrogens (tertiary/aromatic N) is 4. The van der Waals surface area contributed by atoms with E-state index in [1.807, 2.05) is 16.8 Å². The zero-order valence-electron chi connectivity index (χ0n) is 16.3. The maximum atomic E-state index is 13.4. The highest BCUT2D eigenvalue weighted by atomic mass is 19.1. The standard InChI is InChI=1S/C24H23FN4/c25-21-10-8-19(9-11-21)22-17-29-15-12-26-24(29)27-23(22)20-6-4-18(5-7-20)16-28-13-2-1-3-14-28/h4-12,15,17H,1-3,13-14,16H2. The summed E-state index contributed by atoms with van der Waals surface area (Å²) in [5.41, 5.74) is 5.11.